The molecule has 1 heterocycles. The molecule has 2 rings (SSSR count). The smallest absolute Gasteiger partial charge is 0.125 e. The minimum atomic E-state index is 0.847. The zero-order chi connectivity index (χ0) is 11.4. The molecule has 0 radical (unpaired) electrons. The van der Waals surface area contributed by atoms with E-state index in [2.05, 4.69) is 36.3 Å². The number of aromatic nitrogens is 1. The summed E-state index contributed by atoms with van der Waals surface area (Å²) in [6, 6.07) is 4.18. The van der Waals surface area contributed by atoms with Crippen LogP contribution in [0.2, 0.25) is 0 Å². The van der Waals surface area contributed by atoms with E-state index in [4.69, 9.17) is 0 Å². The molecule has 1 fully saturated rings. The SMILES string of the molecule is Cc1ccc(NCC2CCC(C)CC2)nc1. The third-order valence-corrected chi connectivity index (χ3v) is 3.62. The summed E-state index contributed by atoms with van der Waals surface area (Å²) in [6.45, 7) is 5.52. The largest absolute Gasteiger partial charge is 0.370 e. The number of hydrogen-bond donors (Lipinski definition) is 1. The lowest BCUT2D eigenvalue weighted by molar-refractivity contribution is 0.300. The van der Waals surface area contributed by atoms with Crippen molar-refractivity contribution in [3.8, 4) is 0 Å². The van der Waals surface area contributed by atoms with Crippen LogP contribution in [0, 0.1) is 18.8 Å². The predicted molar refractivity (Wildman–Crippen MR) is 68.6 cm³/mol. The van der Waals surface area contributed by atoms with Crippen molar-refractivity contribution in [2.45, 2.75) is 39.5 Å². The minimum Gasteiger partial charge on any atom is -0.370 e. The van der Waals surface area contributed by atoms with Gasteiger partial charge in [-0.15, -0.1) is 0 Å². The summed E-state index contributed by atoms with van der Waals surface area (Å²) in [4.78, 5) is 4.37. The molecule has 1 N–H and O–H groups in total. The fourth-order valence-corrected chi connectivity index (χ4v) is 2.35. The average molecular weight is 218 g/mol. The molecular formula is C14H22N2. The molecule has 0 aromatic carbocycles. The highest BCUT2D eigenvalue weighted by molar-refractivity contribution is 5.35. The first-order valence-corrected chi connectivity index (χ1v) is 6.40. The van der Waals surface area contributed by atoms with Crippen molar-refractivity contribution in [3.05, 3.63) is 23.9 Å². The van der Waals surface area contributed by atoms with Gasteiger partial charge in [0.2, 0.25) is 0 Å². The molecule has 2 nitrogen and oxygen atoms in total. The van der Waals surface area contributed by atoms with E-state index in [0.29, 0.717) is 0 Å². The van der Waals surface area contributed by atoms with E-state index in [9.17, 15) is 0 Å². The number of aryl methyl sites for hydroxylation is 1. The number of pyridine rings is 1. The summed E-state index contributed by atoms with van der Waals surface area (Å²) in [6.07, 6.45) is 7.46. The lowest BCUT2D eigenvalue weighted by Crippen LogP contribution is -2.20. The van der Waals surface area contributed by atoms with Gasteiger partial charge >= 0.3 is 0 Å². The van der Waals surface area contributed by atoms with Gasteiger partial charge in [0, 0.05) is 12.7 Å². The molecule has 0 bridgehead atoms. The van der Waals surface area contributed by atoms with E-state index in [-0.39, 0.29) is 0 Å². The van der Waals surface area contributed by atoms with Crippen molar-refractivity contribution in [3.63, 3.8) is 0 Å². The topological polar surface area (TPSA) is 24.9 Å². The Balaban J connectivity index is 1.77. The monoisotopic (exact) mass is 218 g/mol. The fourth-order valence-electron chi connectivity index (χ4n) is 2.35. The van der Waals surface area contributed by atoms with Gasteiger partial charge in [-0.05, 0) is 43.2 Å². The van der Waals surface area contributed by atoms with Crippen molar-refractivity contribution in [2.75, 3.05) is 11.9 Å². The summed E-state index contributed by atoms with van der Waals surface area (Å²) >= 11 is 0. The maximum atomic E-state index is 4.37. The lowest BCUT2D eigenvalue weighted by atomic mass is 9.83. The number of nitrogens with one attached hydrogen (secondary N) is 1. The summed E-state index contributed by atoms with van der Waals surface area (Å²) in [5.41, 5.74) is 1.22. The van der Waals surface area contributed by atoms with Crippen LogP contribution in [0.25, 0.3) is 0 Å². The van der Waals surface area contributed by atoms with Crippen molar-refractivity contribution < 1.29 is 0 Å². The molecule has 16 heavy (non-hydrogen) atoms. The van der Waals surface area contributed by atoms with Crippen molar-refractivity contribution in [1.82, 2.24) is 4.98 Å². The number of nitrogens with zero attached hydrogens (tertiary/aromatic N) is 1. The van der Waals surface area contributed by atoms with E-state index in [1.807, 2.05) is 6.20 Å². The second-order valence-electron chi connectivity index (χ2n) is 5.23. The molecule has 1 aliphatic rings. The summed E-state index contributed by atoms with van der Waals surface area (Å²) in [7, 11) is 0. The Kier molecular flexibility index (Phi) is 3.81. The molecule has 0 spiro atoms. The summed E-state index contributed by atoms with van der Waals surface area (Å²) < 4.78 is 0. The van der Waals surface area contributed by atoms with Gasteiger partial charge in [-0.2, -0.15) is 0 Å². The maximum Gasteiger partial charge on any atom is 0.125 e. The zero-order valence-corrected chi connectivity index (χ0v) is 10.4. The Morgan fingerprint density at radius 1 is 1.25 bits per heavy atom. The van der Waals surface area contributed by atoms with Crippen LogP contribution >= 0.6 is 0 Å². The van der Waals surface area contributed by atoms with Crippen LogP contribution in [0.3, 0.4) is 0 Å². The molecule has 0 atom stereocenters. The third kappa shape index (κ3) is 3.22. The minimum absolute atomic E-state index is 0.847. The third-order valence-electron chi connectivity index (χ3n) is 3.62. The Morgan fingerprint density at radius 3 is 2.62 bits per heavy atom. The van der Waals surface area contributed by atoms with Crippen molar-refractivity contribution >= 4 is 5.82 Å². The summed E-state index contributed by atoms with van der Waals surface area (Å²) in [5, 5.41) is 3.45. The molecular weight excluding hydrogens is 196 g/mol. The zero-order valence-electron chi connectivity index (χ0n) is 10.4. The second-order valence-corrected chi connectivity index (χ2v) is 5.23. The Hall–Kier alpha value is -1.05. The standard InChI is InChI=1S/C14H22N2/c1-11-3-6-13(7-4-11)10-16-14-8-5-12(2)9-15-14/h5,8-9,11,13H,3-4,6-7,10H2,1-2H3,(H,15,16). The quantitative estimate of drug-likeness (QED) is 0.838. The molecule has 1 saturated carbocycles. The van der Waals surface area contributed by atoms with Crippen LogP contribution < -0.4 is 5.32 Å². The van der Waals surface area contributed by atoms with Gasteiger partial charge < -0.3 is 5.32 Å². The Bertz CT molecular complexity index is 310. The van der Waals surface area contributed by atoms with Crippen LogP contribution in [0.15, 0.2) is 18.3 Å². The first kappa shape index (κ1) is 11.4. The van der Waals surface area contributed by atoms with Crippen LogP contribution in [-0.2, 0) is 0 Å². The van der Waals surface area contributed by atoms with Crippen LogP contribution in [0.4, 0.5) is 5.82 Å². The van der Waals surface area contributed by atoms with Gasteiger partial charge in [-0.25, -0.2) is 4.98 Å². The van der Waals surface area contributed by atoms with Gasteiger partial charge in [0.1, 0.15) is 5.82 Å². The molecule has 2 heteroatoms. The Labute approximate surface area is 98.5 Å². The lowest BCUT2D eigenvalue weighted by Gasteiger charge is -2.26. The molecule has 1 aliphatic carbocycles. The molecule has 1 aromatic rings. The summed E-state index contributed by atoms with van der Waals surface area (Å²) in [5.74, 6) is 2.80. The molecule has 0 amide bonds. The predicted octanol–water partition coefficient (Wildman–Crippen LogP) is 3.63. The second kappa shape index (κ2) is 5.33. The van der Waals surface area contributed by atoms with Gasteiger partial charge in [-0.3, -0.25) is 0 Å². The fraction of sp³-hybridized carbons (Fsp3) is 0.643. The highest BCUT2D eigenvalue weighted by atomic mass is 15.0. The molecule has 88 valence electrons. The van der Waals surface area contributed by atoms with E-state index >= 15 is 0 Å². The number of anilines is 1. The number of hydrogen-bond acceptors (Lipinski definition) is 2. The van der Waals surface area contributed by atoms with Gasteiger partial charge in [0.25, 0.3) is 0 Å². The van der Waals surface area contributed by atoms with Crippen LogP contribution in [0.5, 0.6) is 0 Å². The first-order chi connectivity index (χ1) is 7.74. The average Bonchev–Trinajstić information content (AvgIpc) is 2.30. The van der Waals surface area contributed by atoms with Crippen LogP contribution in [0.1, 0.15) is 38.2 Å². The van der Waals surface area contributed by atoms with E-state index in [1.165, 1.54) is 31.2 Å². The van der Waals surface area contributed by atoms with E-state index in [0.717, 1.165) is 24.2 Å². The van der Waals surface area contributed by atoms with E-state index < -0.39 is 0 Å². The molecule has 0 unspecified atom stereocenters. The van der Waals surface area contributed by atoms with Crippen molar-refractivity contribution in [2.24, 2.45) is 11.8 Å². The molecule has 0 aliphatic heterocycles. The van der Waals surface area contributed by atoms with E-state index in [1.54, 1.807) is 0 Å². The van der Waals surface area contributed by atoms with Crippen LogP contribution in [-0.4, -0.2) is 11.5 Å². The van der Waals surface area contributed by atoms with Gasteiger partial charge in [0.05, 0.1) is 0 Å². The normalized spacial score (nSPS) is 25.4. The number of rotatable bonds is 3. The van der Waals surface area contributed by atoms with Gasteiger partial charge in [-0.1, -0.05) is 25.8 Å². The maximum absolute atomic E-state index is 4.37. The van der Waals surface area contributed by atoms with Gasteiger partial charge in [0.15, 0.2) is 0 Å². The highest BCUT2D eigenvalue weighted by Crippen LogP contribution is 2.28. The Morgan fingerprint density at radius 2 is 2.00 bits per heavy atom. The molecule has 1 aromatic heterocycles. The highest BCUT2D eigenvalue weighted by Gasteiger charge is 2.17. The first-order valence-electron chi connectivity index (χ1n) is 6.40. The molecule has 0 saturated heterocycles. The van der Waals surface area contributed by atoms with Crippen molar-refractivity contribution in [1.29, 1.82) is 0 Å².